The van der Waals surface area contributed by atoms with Crippen molar-refractivity contribution in [1.29, 1.82) is 0 Å². The zero-order valence-corrected chi connectivity index (χ0v) is 13.8. The molecule has 2 aliphatic rings. The molecular formula is C16H17ClN3OS+. The number of hydrogen-bond donors (Lipinski definition) is 3. The number of rotatable bonds is 1. The standard InChI is InChI=1S/C16H16ClN3OS/c1-20-6-5-11-12(8-20)22-16-13(11)15(21)18-14(19-16)9-3-2-4-10(17)7-9/h2-4,7,14,19H,5-6,8H2,1H3,(H,18,21)/p+1/t14-/m1/s1. The van der Waals surface area contributed by atoms with E-state index in [0.29, 0.717) is 5.02 Å². The lowest BCUT2D eigenvalue weighted by Gasteiger charge is -2.27. The number of likely N-dealkylation sites (N-methyl/N-ethyl adjacent to an activating group) is 1. The average molecular weight is 335 g/mol. The van der Waals surface area contributed by atoms with Gasteiger partial charge in [-0.2, -0.15) is 0 Å². The number of amides is 1. The number of nitrogens with one attached hydrogen (secondary N) is 3. The summed E-state index contributed by atoms with van der Waals surface area (Å²) >= 11 is 7.78. The van der Waals surface area contributed by atoms with Crippen molar-refractivity contribution in [2.75, 3.05) is 18.9 Å². The van der Waals surface area contributed by atoms with Gasteiger partial charge in [0.2, 0.25) is 0 Å². The molecule has 0 aliphatic carbocycles. The molecule has 1 aromatic carbocycles. The third-order valence-corrected chi connectivity index (χ3v) is 5.71. The molecule has 6 heteroatoms. The fourth-order valence-corrected chi connectivity index (χ4v) is 4.77. The minimum Gasteiger partial charge on any atom is -0.353 e. The molecule has 2 aliphatic heterocycles. The van der Waals surface area contributed by atoms with Crippen molar-refractivity contribution >= 4 is 33.8 Å². The van der Waals surface area contributed by atoms with Crippen LogP contribution < -0.4 is 15.5 Å². The fraction of sp³-hybridized carbons (Fsp3) is 0.312. The maximum absolute atomic E-state index is 12.6. The SMILES string of the molecule is C[NH+]1CCc2c(sc3c2C(=O)N[C@@H](c2cccc(Cl)c2)N3)C1. The highest BCUT2D eigenvalue weighted by Crippen LogP contribution is 2.39. The van der Waals surface area contributed by atoms with Gasteiger partial charge < -0.3 is 15.5 Å². The summed E-state index contributed by atoms with van der Waals surface area (Å²) in [4.78, 5) is 15.4. The predicted molar refractivity (Wildman–Crippen MR) is 88.8 cm³/mol. The molecular weight excluding hydrogens is 318 g/mol. The van der Waals surface area contributed by atoms with Gasteiger partial charge in [0.25, 0.3) is 5.91 Å². The molecule has 1 amide bonds. The number of anilines is 1. The Kier molecular flexibility index (Phi) is 3.36. The number of thiophene rings is 1. The van der Waals surface area contributed by atoms with Gasteiger partial charge in [-0.25, -0.2) is 0 Å². The zero-order chi connectivity index (χ0) is 15.3. The van der Waals surface area contributed by atoms with E-state index in [0.717, 1.165) is 35.6 Å². The summed E-state index contributed by atoms with van der Waals surface area (Å²) in [6.45, 7) is 2.09. The Morgan fingerprint density at radius 1 is 1.36 bits per heavy atom. The number of hydrogen-bond acceptors (Lipinski definition) is 3. The third kappa shape index (κ3) is 2.29. The number of fused-ring (bicyclic) bond motifs is 3. The van der Waals surface area contributed by atoms with Gasteiger partial charge in [0.05, 0.1) is 24.0 Å². The van der Waals surface area contributed by atoms with Crippen molar-refractivity contribution in [3.8, 4) is 0 Å². The summed E-state index contributed by atoms with van der Waals surface area (Å²) in [6.07, 6.45) is 0.757. The Hall–Kier alpha value is -1.56. The van der Waals surface area contributed by atoms with Crippen LogP contribution in [0.1, 0.15) is 32.5 Å². The Bertz CT molecular complexity index is 758. The molecule has 0 fully saturated rings. The lowest BCUT2D eigenvalue weighted by Crippen LogP contribution is -3.08. The van der Waals surface area contributed by atoms with E-state index in [4.69, 9.17) is 11.6 Å². The normalized spacial score (nSPS) is 23.3. The Morgan fingerprint density at radius 2 is 2.23 bits per heavy atom. The second-order valence-corrected chi connectivity index (χ2v) is 7.49. The number of carbonyl (C=O) groups excluding carboxylic acids is 1. The Labute approximate surface area is 138 Å². The molecule has 3 N–H and O–H groups in total. The smallest absolute Gasteiger partial charge is 0.256 e. The third-order valence-electron chi connectivity index (χ3n) is 4.31. The number of halogens is 1. The molecule has 3 heterocycles. The van der Waals surface area contributed by atoms with Crippen LogP contribution >= 0.6 is 22.9 Å². The summed E-state index contributed by atoms with van der Waals surface area (Å²) in [5.74, 6) is 0.0239. The van der Waals surface area contributed by atoms with Crippen LogP contribution in [0.2, 0.25) is 5.02 Å². The molecule has 1 unspecified atom stereocenters. The van der Waals surface area contributed by atoms with Gasteiger partial charge in [0, 0.05) is 11.4 Å². The van der Waals surface area contributed by atoms with Crippen LogP contribution in [0.3, 0.4) is 0 Å². The second kappa shape index (κ2) is 5.26. The van der Waals surface area contributed by atoms with E-state index >= 15 is 0 Å². The van der Waals surface area contributed by atoms with E-state index in [-0.39, 0.29) is 12.1 Å². The summed E-state index contributed by atoms with van der Waals surface area (Å²) in [7, 11) is 2.20. The van der Waals surface area contributed by atoms with Crippen LogP contribution in [0.5, 0.6) is 0 Å². The van der Waals surface area contributed by atoms with E-state index in [9.17, 15) is 4.79 Å². The van der Waals surface area contributed by atoms with Crippen molar-refractivity contribution in [2.45, 2.75) is 19.1 Å². The fourth-order valence-electron chi connectivity index (χ4n) is 3.19. The predicted octanol–water partition coefficient (Wildman–Crippen LogP) is 1.83. The van der Waals surface area contributed by atoms with Crippen molar-refractivity contribution < 1.29 is 9.69 Å². The van der Waals surface area contributed by atoms with Gasteiger partial charge in [0.15, 0.2) is 0 Å². The minimum absolute atomic E-state index is 0.0239. The van der Waals surface area contributed by atoms with Crippen LogP contribution in [0.4, 0.5) is 5.00 Å². The number of quaternary nitrogens is 1. The first-order chi connectivity index (χ1) is 10.6. The molecule has 2 atom stereocenters. The van der Waals surface area contributed by atoms with E-state index in [1.807, 2.05) is 24.3 Å². The van der Waals surface area contributed by atoms with Gasteiger partial charge in [-0.1, -0.05) is 23.7 Å². The molecule has 114 valence electrons. The zero-order valence-electron chi connectivity index (χ0n) is 12.2. The topological polar surface area (TPSA) is 45.6 Å². The van der Waals surface area contributed by atoms with Gasteiger partial charge in [0.1, 0.15) is 17.7 Å². The van der Waals surface area contributed by atoms with Gasteiger partial charge in [-0.3, -0.25) is 4.79 Å². The lowest BCUT2D eigenvalue weighted by molar-refractivity contribution is -0.895. The number of benzene rings is 1. The largest absolute Gasteiger partial charge is 0.353 e. The van der Waals surface area contributed by atoms with Crippen LogP contribution in [-0.4, -0.2) is 19.5 Å². The molecule has 2 aromatic rings. The number of carbonyl (C=O) groups is 1. The quantitative estimate of drug-likeness (QED) is 0.745. The highest BCUT2D eigenvalue weighted by Gasteiger charge is 2.33. The molecule has 4 rings (SSSR count). The van der Waals surface area contributed by atoms with Crippen LogP contribution in [-0.2, 0) is 13.0 Å². The van der Waals surface area contributed by atoms with E-state index in [2.05, 4.69) is 17.7 Å². The van der Waals surface area contributed by atoms with Crippen molar-refractivity contribution in [1.82, 2.24) is 5.32 Å². The first kappa shape index (κ1) is 14.1. The van der Waals surface area contributed by atoms with Gasteiger partial charge in [-0.05, 0) is 23.3 Å². The molecule has 0 radical (unpaired) electrons. The van der Waals surface area contributed by atoms with Crippen molar-refractivity contribution in [3.05, 3.63) is 50.9 Å². The van der Waals surface area contributed by atoms with Gasteiger partial charge in [-0.15, -0.1) is 11.3 Å². The van der Waals surface area contributed by atoms with E-state index in [1.54, 1.807) is 11.3 Å². The van der Waals surface area contributed by atoms with E-state index < -0.39 is 0 Å². The Balaban J connectivity index is 1.71. The molecule has 0 bridgehead atoms. The molecule has 1 aromatic heterocycles. The van der Waals surface area contributed by atoms with Crippen LogP contribution in [0.15, 0.2) is 24.3 Å². The van der Waals surface area contributed by atoms with E-state index in [1.165, 1.54) is 15.3 Å². The second-order valence-electron chi connectivity index (χ2n) is 5.95. The molecule has 0 spiro atoms. The first-order valence-corrected chi connectivity index (χ1v) is 8.60. The lowest BCUT2D eigenvalue weighted by atomic mass is 10.0. The maximum atomic E-state index is 12.6. The van der Waals surface area contributed by atoms with Crippen molar-refractivity contribution in [3.63, 3.8) is 0 Å². The highest BCUT2D eigenvalue weighted by atomic mass is 35.5. The minimum atomic E-state index is -0.219. The first-order valence-electron chi connectivity index (χ1n) is 7.40. The maximum Gasteiger partial charge on any atom is 0.256 e. The summed E-state index contributed by atoms with van der Waals surface area (Å²) in [6, 6.07) is 7.60. The molecule has 4 nitrogen and oxygen atoms in total. The summed E-state index contributed by atoms with van der Waals surface area (Å²) < 4.78 is 0. The molecule has 22 heavy (non-hydrogen) atoms. The van der Waals surface area contributed by atoms with Crippen LogP contribution in [0.25, 0.3) is 0 Å². The Morgan fingerprint density at radius 3 is 3.05 bits per heavy atom. The van der Waals surface area contributed by atoms with Gasteiger partial charge >= 0.3 is 0 Å². The average Bonchev–Trinajstić information content (AvgIpc) is 2.84. The summed E-state index contributed by atoms with van der Waals surface area (Å²) in [5.41, 5.74) is 3.06. The molecule has 0 saturated carbocycles. The van der Waals surface area contributed by atoms with Crippen molar-refractivity contribution in [2.24, 2.45) is 0 Å². The monoisotopic (exact) mass is 334 g/mol. The van der Waals surface area contributed by atoms with Crippen LogP contribution in [0, 0.1) is 0 Å². The highest BCUT2D eigenvalue weighted by molar-refractivity contribution is 7.16. The summed E-state index contributed by atoms with van der Waals surface area (Å²) in [5, 5.41) is 8.19. The molecule has 0 saturated heterocycles.